The van der Waals surface area contributed by atoms with Crippen molar-refractivity contribution in [2.75, 3.05) is 4.90 Å². The summed E-state index contributed by atoms with van der Waals surface area (Å²) in [4.78, 5) is 37.5. The lowest BCUT2D eigenvalue weighted by atomic mass is 10.1. The van der Waals surface area contributed by atoms with Gasteiger partial charge in [0.05, 0.1) is 22.3 Å². The standard InChI is InChI=1S/C18H17Cl2N5O7S/c1-8(2)10-6-14(22-24(3)16(10)26)33(30,31)15-11(19)4-9(5-12(15)20)25(18(28)29)7-13-21-17(27)32-23-13/h4-6,8H,7H2,1-3H3,(H,28,29)(H,21,23,27). The number of sulfone groups is 1. The van der Waals surface area contributed by atoms with E-state index in [2.05, 4.69) is 19.8 Å². The Morgan fingerprint density at radius 2 is 1.85 bits per heavy atom. The molecular weight excluding hydrogens is 501 g/mol. The van der Waals surface area contributed by atoms with E-state index in [0.717, 1.165) is 27.8 Å². The Kier molecular flexibility index (Phi) is 6.68. The van der Waals surface area contributed by atoms with Crippen molar-refractivity contribution in [3.05, 3.63) is 60.5 Å². The van der Waals surface area contributed by atoms with Crippen LogP contribution in [0.15, 0.2) is 42.2 Å². The van der Waals surface area contributed by atoms with Crippen LogP contribution in [0.25, 0.3) is 0 Å². The third kappa shape index (κ3) is 4.79. The van der Waals surface area contributed by atoms with Crippen molar-refractivity contribution in [1.82, 2.24) is 19.9 Å². The van der Waals surface area contributed by atoms with Gasteiger partial charge in [-0.15, -0.1) is 0 Å². The van der Waals surface area contributed by atoms with Gasteiger partial charge < -0.3 is 5.11 Å². The number of nitrogens with zero attached hydrogens (tertiary/aromatic N) is 4. The Morgan fingerprint density at radius 1 is 1.24 bits per heavy atom. The second kappa shape index (κ2) is 9.00. The summed E-state index contributed by atoms with van der Waals surface area (Å²) in [5, 5.41) is 15.6. The van der Waals surface area contributed by atoms with E-state index >= 15 is 0 Å². The van der Waals surface area contributed by atoms with Gasteiger partial charge in [0, 0.05) is 12.6 Å². The Hall–Kier alpha value is -3.16. The molecule has 1 aromatic carbocycles. The zero-order valence-corrected chi connectivity index (χ0v) is 19.7. The summed E-state index contributed by atoms with van der Waals surface area (Å²) in [6.45, 7) is 3.02. The highest BCUT2D eigenvalue weighted by atomic mass is 35.5. The molecular formula is C18H17Cl2N5O7S. The van der Waals surface area contributed by atoms with Crippen LogP contribution in [-0.4, -0.2) is 39.5 Å². The lowest BCUT2D eigenvalue weighted by Gasteiger charge is -2.19. The number of aryl methyl sites for hydroxylation is 1. The van der Waals surface area contributed by atoms with Crippen molar-refractivity contribution in [2.45, 2.75) is 36.2 Å². The fourth-order valence-corrected chi connectivity index (χ4v) is 5.40. The summed E-state index contributed by atoms with van der Waals surface area (Å²) in [7, 11) is -3.07. The Bertz CT molecular complexity index is 1440. The number of benzene rings is 1. The van der Waals surface area contributed by atoms with Gasteiger partial charge in [0.15, 0.2) is 10.9 Å². The van der Waals surface area contributed by atoms with Crippen LogP contribution in [0.1, 0.15) is 31.2 Å². The number of anilines is 1. The van der Waals surface area contributed by atoms with Crippen LogP contribution in [0.2, 0.25) is 10.0 Å². The molecule has 3 rings (SSSR count). The molecule has 2 N–H and O–H groups in total. The van der Waals surface area contributed by atoms with E-state index < -0.39 is 43.7 Å². The highest BCUT2D eigenvalue weighted by Crippen LogP contribution is 2.37. The summed E-state index contributed by atoms with van der Waals surface area (Å²) in [5.74, 6) is -1.25. The smallest absolute Gasteiger partial charge is 0.438 e. The minimum atomic E-state index is -4.39. The molecule has 0 spiro atoms. The van der Waals surface area contributed by atoms with E-state index in [9.17, 15) is 27.9 Å². The SMILES string of the molecule is CC(C)c1cc(S(=O)(=O)c2c(Cl)cc(N(Cc3noc(=O)[nH]3)C(=O)O)cc2Cl)nn(C)c1=O. The van der Waals surface area contributed by atoms with Crippen LogP contribution < -0.4 is 16.2 Å². The number of rotatable bonds is 6. The molecule has 3 aromatic rings. The number of aromatic nitrogens is 4. The van der Waals surface area contributed by atoms with Crippen molar-refractivity contribution in [3.8, 4) is 0 Å². The van der Waals surface area contributed by atoms with Crippen LogP contribution in [-0.2, 0) is 23.4 Å². The number of halogens is 2. The van der Waals surface area contributed by atoms with Crippen LogP contribution in [0.4, 0.5) is 10.5 Å². The van der Waals surface area contributed by atoms with Crippen LogP contribution in [0.3, 0.4) is 0 Å². The minimum absolute atomic E-state index is 0.0865. The first kappa shape index (κ1) is 24.5. The highest BCUT2D eigenvalue weighted by molar-refractivity contribution is 7.91. The average molecular weight is 518 g/mol. The molecule has 1 amide bonds. The molecule has 2 aromatic heterocycles. The number of nitrogens with one attached hydrogen (secondary N) is 1. The molecule has 0 radical (unpaired) electrons. The quantitative estimate of drug-likeness (QED) is 0.498. The molecule has 0 saturated heterocycles. The second-order valence-electron chi connectivity index (χ2n) is 7.17. The Labute approximate surface area is 196 Å². The predicted molar refractivity (Wildman–Crippen MR) is 117 cm³/mol. The van der Waals surface area contributed by atoms with E-state index in [4.69, 9.17) is 23.2 Å². The van der Waals surface area contributed by atoms with Gasteiger partial charge in [-0.1, -0.05) is 42.2 Å². The first-order valence-electron chi connectivity index (χ1n) is 9.20. The van der Waals surface area contributed by atoms with Crippen LogP contribution in [0.5, 0.6) is 0 Å². The summed E-state index contributed by atoms with van der Waals surface area (Å²) in [6, 6.07) is 3.32. The van der Waals surface area contributed by atoms with Gasteiger partial charge in [0.1, 0.15) is 4.90 Å². The first-order chi connectivity index (χ1) is 15.3. The van der Waals surface area contributed by atoms with Gasteiger partial charge in [-0.05, 0) is 24.1 Å². The molecule has 33 heavy (non-hydrogen) atoms. The monoisotopic (exact) mass is 517 g/mol. The number of amides is 1. The number of hydrogen-bond acceptors (Lipinski definition) is 8. The average Bonchev–Trinajstić information content (AvgIpc) is 3.11. The molecule has 0 unspecified atom stereocenters. The van der Waals surface area contributed by atoms with Gasteiger partial charge in [-0.3, -0.25) is 19.2 Å². The third-order valence-electron chi connectivity index (χ3n) is 4.55. The normalized spacial score (nSPS) is 11.7. The largest absolute Gasteiger partial charge is 0.465 e. The number of aromatic amines is 1. The molecule has 15 heteroatoms. The van der Waals surface area contributed by atoms with Gasteiger partial charge in [0.25, 0.3) is 5.56 Å². The van der Waals surface area contributed by atoms with Crippen molar-refractivity contribution < 1.29 is 22.8 Å². The Balaban J connectivity index is 2.11. The molecule has 0 saturated carbocycles. The maximum Gasteiger partial charge on any atom is 0.438 e. The van der Waals surface area contributed by atoms with Crippen LogP contribution in [0, 0.1) is 0 Å². The van der Waals surface area contributed by atoms with E-state index in [0.29, 0.717) is 0 Å². The topological polar surface area (TPSA) is 168 Å². The van der Waals surface area contributed by atoms with Gasteiger partial charge >= 0.3 is 11.8 Å². The van der Waals surface area contributed by atoms with Crippen LogP contribution >= 0.6 is 23.2 Å². The fraction of sp³-hybridized carbons (Fsp3) is 0.278. The number of carboxylic acid groups (broad SMARTS) is 1. The van der Waals surface area contributed by atoms with Crippen molar-refractivity contribution >= 4 is 44.8 Å². The van der Waals surface area contributed by atoms with Crippen molar-refractivity contribution in [1.29, 1.82) is 0 Å². The van der Waals surface area contributed by atoms with E-state index in [1.54, 1.807) is 13.8 Å². The summed E-state index contributed by atoms with van der Waals surface area (Å²) >= 11 is 12.5. The zero-order valence-electron chi connectivity index (χ0n) is 17.4. The lowest BCUT2D eigenvalue weighted by molar-refractivity contribution is 0.201. The van der Waals surface area contributed by atoms with Gasteiger partial charge in [0.2, 0.25) is 9.84 Å². The summed E-state index contributed by atoms with van der Waals surface area (Å²) < 4.78 is 31.8. The first-order valence-corrected chi connectivity index (χ1v) is 11.4. The predicted octanol–water partition coefficient (Wildman–Crippen LogP) is 2.40. The van der Waals surface area contributed by atoms with Crippen molar-refractivity contribution in [3.63, 3.8) is 0 Å². The molecule has 0 fully saturated rings. The molecule has 2 heterocycles. The number of H-pyrrole nitrogens is 1. The maximum absolute atomic E-state index is 13.3. The van der Waals surface area contributed by atoms with Crippen molar-refractivity contribution in [2.24, 2.45) is 7.05 Å². The Morgan fingerprint density at radius 3 is 2.33 bits per heavy atom. The van der Waals surface area contributed by atoms with E-state index in [1.807, 2.05) is 0 Å². The second-order valence-corrected chi connectivity index (χ2v) is 9.82. The van der Waals surface area contributed by atoms with E-state index in [-0.39, 0.29) is 33.0 Å². The van der Waals surface area contributed by atoms with Gasteiger partial charge in [-0.25, -0.2) is 22.7 Å². The summed E-state index contributed by atoms with van der Waals surface area (Å²) in [6.07, 6.45) is -1.46. The lowest BCUT2D eigenvalue weighted by Crippen LogP contribution is -2.29. The maximum atomic E-state index is 13.3. The molecule has 0 aliphatic carbocycles. The highest BCUT2D eigenvalue weighted by Gasteiger charge is 2.30. The van der Waals surface area contributed by atoms with E-state index in [1.165, 1.54) is 7.05 Å². The molecule has 0 atom stereocenters. The molecule has 176 valence electrons. The molecule has 0 bridgehead atoms. The minimum Gasteiger partial charge on any atom is -0.465 e. The number of carbonyl (C=O) groups is 1. The van der Waals surface area contributed by atoms with Gasteiger partial charge in [-0.2, -0.15) is 5.10 Å². The molecule has 0 aliphatic heterocycles. The third-order valence-corrected chi connectivity index (χ3v) is 7.10. The fourth-order valence-electron chi connectivity index (χ4n) is 2.96. The zero-order chi connectivity index (χ0) is 24.7. The molecule has 12 nitrogen and oxygen atoms in total. The number of hydrogen-bond donors (Lipinski definition) is 2. The molecule has 0 aliphatic rings. The summed E-state index contributed by atoms with van der Waals surface area (Å²) in [5.41, 5.74) is -0.301.